The predicted octanol–water partition coefficient (Wildman–Crippen LogP) is 0.755. The first kappa shape index (κ1) is 13.6. The Kier molecular flexibility index (Phi) is 5.14. The lowest BCUT2D eigenvalue weighted by Gasteiger charge is -2.26. The average Bonchev–Trinajstić information content (AvgIpc) is 2.58. The second kappa shape index (κ2) is 6.41. The monoisotopic (exact) mass is 278 g/mol. The van der Waals surface area contributed by atoms with Crippen LogP contribution in [0.4, 0.5) is 0 Å². The van der Waals surface area contributed by atoms with Gasteiger partial charge in [0.05, 0.1) is 5.75 Å². The Morgan fingerprint density at radius 2 is 2.12 bits per heavy atom. The van der Waals surface area contributed by atoms with Crippen LogP contribution in [0.1, 0.15) is 19.3 Å². The molecule has 2 aliphatic rings. The van der Waals surface area contributed by atoms with Gasteiger partial charge in [-0.15, -0.1) is 0 Å². The van der Waals surface area contributed by atoms with Gasteiger partial charge in [0.25, 0.3) is 0 Å². The molecule has 0 amide bonds. The number of thioether (sulfide) groups is 1. The maximum Gasteiger partial charge on any atom is 0.214 e. The van der Waals surface area contributed by atoms with Crippen molar-refractivity contribution in [2.75, 3.05) is 43.4 Å². The minimum atomic E-state index is -3.03. The van der Waals surface area contributed by atoms with Crippen molar-refractivity contribution in [2.24, 2.45) is 5.92 Å². The average molecular weight is 278 g/mol. The fraction of sp³-hybridized carbons (Fsp3) is 1.00. The van der Waals surface area contributed by atoms with E-state index in [1.54, 1.807) is 4.31 Å². The molecule has 0 aromatic heterocycles. The third-order valence-electron chi connectivity index (χ3n) is 3.42. The van der Waals surface area contributed by atoms with Gasteiger partial charge < -0.3 is 5.32 Å². The first-order valence-corrected chi connectivity index (χ1v) is 9.21. The fourth-order valence-electron chi connectivity index (χ4n) is 2.47. The third kappa shape index (κ3) is 4.12. The molecule has 0 bridgehead atoms. The Hall–Kier alpha value is 0.220. The summed E-state index contributed by atoms with van der Waals surface area (Å²) in [6.45, 7) is 3.32. The maximum atomic E-state index is 12.3. The van der Waals surface area contributed by atoms with Crippen LogP contribution in [0.5, 0.6) is 0 Å². The van der Waals surface area contributed by atoms with Crippen LogP contribution in [0.2, 0.25) is 0 Å². The Morgan fingerprint density at radius 3 is 2.88 bits per heavy atom. The van der Waals surface area contributed by atoms with E-state index in [1.807, 2.05) is 11.8 Å². The van der Waals surface area contributed by atoms with Crippen molar-refractivity contribution >= 4 is 21.8 Å². The Bertz CT molecular complexity index is 318. The molecule has 2 saturated heterocycles. The largest absolute Gasteiger partial charge is 0.316 e. The molecule has 0 spiro atoms. The first-order chi connectivity index (χ1) is 8.18. The zero-order chi connectivity index (χ0) is 12.1. The maximum absolute atomic E-state index is 12.3. The molecule has 1 atom stereocenters. The smallest absolute Gasteiger partial charge is 0.214 e. The van der Waals surface area contributed by atoms with Crippen LogP contribution in [0.3, 0.4) is 0 Å². The number of hydrogen-bond donors (Lipinski definition) is 1. The number of nitrogens with zero attached hydrogens (tertiary/aromatic N) is 1. The Morgan fingerprint density at radius 1 is 1.24 bits per heavy atom. The standard InChI is InChI=1S/C11H22N2O2S2/c14-17(15,10-11-3-1-4-12-9-11)13-5-2-7-16-8-6-13/h11-12H,1-10H2. The lowest BCUT2D eigenvalue weighted by molar-refractivity contribution is 0.384. The number of nitrogens with one attached hydrogen (secondary N) is 1. The van der Waals surface area contributed by atoms with Gasteiger partial charge in [0.15, 0.2) is 0 Å². The van der Waals surface area contributed by atoms with Crippen molar-refractivity contribution in [1.82, 2.24) is 9.62 Å². The summed E-state index contributed by atoms with van der Waals surface area (Å²) in [5.74, 6) is 2.69. The molecular formula is C11H22N2O2S2. The van der Waals surface area contributed by atoms with E-state index in [0.717, 1.165) is 50.4 Å². The molecule has 6 heteroatoms. The predicted molar refractivity (Wildman–Crippen MR) is 72.9 cm³/mol. The molecule has 100 valence electrons. The zero-order valence-corrected chi connectivity index (χ0v) is 11.9. The molecular weight excluding hydrogens is 256 g/mol. The summed E-state index contributed by atoms with van der Waals surface area (Å²) in [5, 5.41) is 3.29. The van der Waals surface area contributed by atoms with Crippen LogP contribution in [0.15, 0.2) is 0 Å². The molecule has 2 aliphatic heterocycles. The van der Waals surface area contributed by atoms with Crippen LogP contribution in [0.25, 0.3) is 0 Å². The second-order valence-corrected chi connectivity index (χ2v) is 8.09. The van der Waals surface area contributed by atoms with Crippen molar-refractivity contribution in [3.05, 3.63) is 0 Å². The Balaban J connectivity index is 1.91. The van der Waals surface area contributed by atoms with Gasteiger partial charge in [-0.05, 0) is 44.0 Å². The highest BCUT2D eigenvalue weighted by Crippen LogP contribution is 2.18. The van der Waals surface area contributed by atoms with Gasteiger partial charge in [0.2, 0.25) is 10.0 Å². The van der Waals surface area contributed by atoms with E-state index in [4.69, 9.17) is 0 Å². The van der Waals surface area contributed by atoms with Crippen LogP contribution >= 0.6 is 11.8 Å². The van der Waals surface area contributed by atoms with Gasteiger partial charge in [0, 0.05) is 18.8 Å². The first-order valence-electron chi connectivity index (χ1n) is 6.45. The lowest BCUT2D eigenvalue weighted by Crippen LogP contribution is -2.40. The van der Waals surface area contributed by atoms with Crippen molar-refractivity contribution in [1.29, 1.82) is 0 Å². The summed E-state index contributed by atoms with van der Waals surface area (Å²) in [6.07, 6.45) is 3.15. The highest BCUT2D eigenvalue weighted by molar-refractivity contribution is 7.99. The van der Waals surface area contributed by atoms with E-state index < -0.39 is 10.0 Å². The lowest BCUT2D eigenvalue weighted by atomic mass is 10.0. The molecule has 0 aliphatic carbocycles. The number of rotatable bonds is 3. The topological polar surface area (TPSA) is 49.4 Å². The van der Waals surface area contributed by atoms with E-state index in [2.05, 4.69) is 5.32 Å². The normalized spacial score (nSPS) is 28.8. The molecule has 0 radical (unpaired) electrons. The summed E-state index contributed by atoms with van der Waals surface area (Å²) in [5.41, 5.74) is 0. The molecule has 1 unspecified atom stereocenters. The van der Waals surface area contributed by atoms with Crippen molar-refractivity contribution in [2.45, 2.75) is 19.3 Å². The van der Waals surface area contributed by atoms with Crippen LogP contribution in [-0.2, 0) is 10.0 Å². The summed E-state index contributed by atoms with van der Waals surface area (Å²) >= 11 is 1.86. The van der Waals surface area contributed by atoms with E-state index in [1.165, 1.54) is 0 Å². The molecule has 1 N–H and O–H groups in total. The van der Waals surface area contributed by atoms with Gasteiger partial charge in [-0.3, -0.25) is 0 Å². The van der Waals surface area contributed by atoms with Gasteiger partial charge in [-0.2, -0.15) is 11.8 Å². The number of hydrogen-bond acceptors (Lipinski definition) is 4. The summed E-state index contributed by atoms with van der Waals surface area (Å²) in [6, 6.07) is 0. The van der Waals surface area contributed by atoms with Crippen LogP contribution in [0, 0.1) is 5.92 Å². The van der Waals surface area contributed by atoms with Crippen molar-refractivity contribution in [3.8, 4) is 0 Å². The molecule has 2 heterocycles. The highest BCUT2D eigenvalue weighted by atomic mass is 32.2. The molecule has 0 aromatic carbocycles. The second-order valence-electron chi connectivity index (χ2n) is 4.86. The molecule has 2 fully saturated rings. The number of sulfonamides is 1. The number of piperidine rings is 1. The zero-order valence-electron chi connectivity index (χ0n) is 10.2. The van der Waals surface area contributed by atoms with E-state index >= 15 is 0 Å². The van der Waals surface area contributed by atoms with Gasteiger partial charge >= 0.3 is 0 Å². The highest BCUT2D eigenvalue weighted by Gasteiger charge is 2.27. The van der Waals surface area contributed by atoms with Crippen molar-refractivity contribution in [3.63, 3.8) is 0 Å². The minimum absolute atomic E-state index is 0.310. The van der Waals surface area contributed by atoms with Crippen LogP contribution < -0.4 is 5.32 Å². The van der Waals surface area contributed by atoms with E-state index in [-0.39, 0.29) is 0 Å². The minimum Gasteiger partial charge on any atom is -0.316 e. The summed E-state index contributed by atoms with van der Waals surface area (Å²) in [7, 11) is -3.03. The summed E-state index contributed by atoms with van der Waals surface area (Å²) < 4.78 is 26.3. The quantitative estimate of drug-likeness (QED) is 0.828. The van der Waals surface area contributed by atoms with Gasteiger partial charge in [-0.25, -0.2) is 12.7 Å². The van der Waals surface area contributed by atoms with Crippen LogP contribution in [-0.4, -0.2) is 56.2 Å². The third-order valence-corrected chi connectivity index (χ3v) is 6.51. The molecule has 4 nitrogen and oxygen atoms in total. The molecule has 17 heavy (non-hydrogen) atoms. The fourth-order valence-corrected chi connectivity index (χ4v) is 5.34. The molecule has 0 saturated carbocycles. The Labute approximate surface area is 109 Å². The van der Waals surface area contributed by atoms with Gasteiger partial charge in [-0.1, -0.05) is 0 Å². The van der Waals surface area contributed by atoms with Gasteiger partial charge in [0.1, 0.15) is 0 Å². The molecule has 0 aromatic rings. The summed E-state index contributed by atoms with van der Waals surface area (Å²) in [4.78, 5) is 0. The van der Waals surface area contributed by atoms with Crippen molar-refractivity contribution < 1.29 is 8.42 Å². The van der Waals surface area contributed by atoms with E-state index in [9.17, 15) is 8.42 Å². The molecule has 2 rings (SSSR count). The van der Waals surface area contributed by atoms with E-state index in [0.29, 0.717) is 18.2 Å². The SMILES string of the molecule is O=S(=O)(CC1CCCNC1)N1CCCSCC1.